The Labute approximate surface area is 171 Å². The molecule has 0 aliphatic carbocycles. The molecule has 29 heavy (non-hydrogen) atoms. The normalized spacial score (nSPS) is 16.1. The van der Waals surface area contributed by atoms with Crippen molar-refractivity contribution in [2.75, 3.05) is 16.9 Å². The molecule has 0 bridgehead atoms. The Bertz CT molecular complexity index is 1060. The fourth-order valence-corrected chi connectivity index (χ4v) is 4.31. The number of hydrogen-bond acceptors (Lipinski definition) is 5. The number of hydrogen-bond donors (Lipinski definition) is 1. The van der Waals surface area contributed by atoms with E-state index in [2.05, 4.69) is 10.3 Å². The molecule has 1 N–H and O–H groups in total. The SMILES string of the molecule is Cc1nc(-c2ccco2)ccc1C(=O)N1CSCC1C(=O)Nc1cccc(F)c1. The number of anilines is 1. The number of halogens is 1. The number of furan rings is 1. The molecule has 1 aliphatic rings. The van der Waals surface area contributed by atoms with E-state index in [-0.39, 0.29) is 11.8 Å². The molecule has 1 unspecified atom stereocenters. The van der Waals surface area contributed by atoms with E-state index >= 15 is 0 Å². The van der Waals surface area contributed by atoms with Gasteiger partial charge in [0.2, 0.25) is 5.91 Å². The fraction of sp³-hybridized carbons (Fsp3) is 0.190. The van der Waals surface area contributed by atoms with Crippen LogP contribution in [-0.4, -0.2) is 39.4 Å². The number of pyridine rings is 1. The molecule has 3 aromatic rings. The Balaban J connectivity index is 1.52. The first-order chi connectivity index (χ1) is 14.0. The molecule has 1 saturated heterocycles. The third-order valence-electron chi connectivity index (χ3n) is 4.63. The van der Waals surface area contributed by atoms with E-state index in [1.54, 1.807) is 43.5 Å². The lowest BCUT2D eigenvalue weighted by molar-refractivity contribution is -0.119. The van der Waals surface area contributed by atoms with Crippen molar-refractivity contribution in [3.63, 3.8) is 0 Å². The van der Waals surface area contributed by atoms with Gasteiger partial charge >= 0.3 is 0 Å². The monoisotopic (exact) mass is 411 g/mol. The standard InChI is InChI=1S/C21H18FN3O3S/c1-13-16(7-8-17(23-13)19-6-3-9-28-19)21(27)25-12-29-11-18(25)20(26)24-15-5-2-4-14(22)10-15/h2-10,18H,11-12H2,1H3,(H,24,26). The largest absolute Gasteiger partial charge is 0.463 e. The molecule has 2 amide bonds. The van der Waals surface area contributed by atoms with Gasteiger partial charge in [-0.25, -0.2) is 9.37 Å². The van der Waals surface area contributed by atoms with Crippen molar-refractivity contribution in [2.45, 2.75) is 13.0 Å². The predicted molar refractivity (Wildman–Crippen MR) is 109 cm³/mol. The van der Waals surface area contributed by atoms with Gasteiger partial charge in [-0.2, -0.15) is 0 Å². The number of carbonyl (C=O) groups is 2. The zero-order valence-electron chi connectivity index (χ0n) is 15.6. The number of nitrogens with zero attached hydrogens (tertiary/aromatic N) is 2. The molecular weight excluding hydrogens is 393 g/mol. The van der Waals surface area contributed by atoms with E-state index in [9.17, 15) is 14.0 Å². The number of aryl methyl sites for hydroxylation is 1. The molecule has 1 atom stereocenters. The molecule has 3 heterocycles. The van der Waals surface area contributed by atoms with Gasteiger partial charge in [-0.1, -0.05) is 6.07 Å². The van der Waals surface area contributed by atoms with Crippen LogP contribution in [0.2, 0.25) is 0 Å². The zero-order valence-corrected chi connectivity index (χ0v) is 16.4. The highest BCUT2D eigenvalue weighted by Crippen LogP contribution is 2.26. The van der Waals surface area contributed by atoms with E-state index in [1.165, 1.54) is 34.9 Å². The summed E-state index contributed by atoms with van der Waals surface area (Å²) in [4.78, 5) is 31.8. The highest BCUT2D eigenvalue weighted by Gasteiger charge is 2.36. The highest BCUT2D eigenvalue weighted by molar-refractivity contribution is 7.99. The molecule has 2 aromatic heterocycles. The van der Waals surface area contributed by atoms with Crippen molar-refractivity contribution in [1.29, 1.82) is 0 Å². The molecule has 0 radical (unpaired) electrons. The van der Waals surface area contributed by atoms with Gasteiger partial charge in [0.25, 0.3) is 5.91 Å². The molecular formula is C21H18FN3O3S. The van der Waals surface area contributed by atoms with Crippen LogP contribution in [0.15, 0.2) is 59.2 Å². The minimum atomic E-state index is -0.639. The Morgan fingerprint density at radius 1 is 1.24 bits per heavy atom. The molecule has 1 fully saturated rings. The van der Waals surface area contributed by atoms with Crippen molar-refractivity contribution in [3.05, 3.63) is 71.9 Å². The van der Waals surface area contributed by atoms with E-state index < -0.39 is 11.9 Å². The predicted octanol–water partition coefficient (Wildman–Crippen LogP) is 3.94. The summed E-state index contributed by atoms with van der Waals surface area (Å²) in [7, 11) is 0. The van der Waals surface area contributed by atoms with Crippen LogP contribution < -0.4 is 5.32 Å². The summed E-state index contributed by atoms with van der Waals surface area (Å²) in [5.41, 5.74) is 2.00. The van der Waals surface area contributed by atoms with Crippen molar-refractivity contribution < 1.29 is 18.4 Å². The van der Waals surface area contributed by atoms with Crippen LogP contribution in [0.1, 0.15) is 16.1 Å². The number of rotatable bonds is 4. The maximum Gasteiger partial charge on any atom is 0.257 e. The molecule has 4 rings (SSSR count). The number of aromatic nitrogens is 1. The third kappa shape index (κ3) is 4.02. The van der Waals surface area contributed by atoms with Crippen LogP contribution in [0.25, 0.3) is 11.5 Å². The van der Waals surface area contributed by atoms with E-state index in [1.807, 2.05) is 0 Å². The van der Waals surface area contributed by atoms with Crippen LogP contribution in [-0.2, 0) is 4.79 Å². The minimum absolute atomic E-state index is 0.259. The molecule has 1 aromatic carbocycles. The summed E-state index contributed by atoms with van der Waals surface area (Å²) >= 11 is 1.50. The summed E-state index contributed by atoms with van der Waals surface area (Å²) < 4.78 is 18.7. The van der Waals surface area contributed by atoms with Crippen LogP contribution in [0, 0.1) is 12.7 Å². The molecule has 1 aliphatic heterocycles. The first-order valence-electron chi connectivity index (χ1n) is 8.99. The molecule has 0 saturated carbocycles. The topological polar surface area (TPSA) is 75.4 Å². The molecule has 0 spiro atoms. The second-order valence-electron chi connectivity index (χ2n) is 6.60. The fourth-order valence-electron chi connectivity index (χ4n) is 3.16. The van der Waals surface area contributed by atoms with E-state index in [4.69, 9.17) is 4.42 Å². The number of thioether (sulfide) groups is 1. The van der Waals surface area contributed by atoms with Gasteiger partial charge in [-0.05, 0) is 49.4 Å². The van der Waals surface area contributed by atoms with Crippen molar-refractivity contribution in [2.24, 2.45) is 0 Å². The smallest absolute Gasteiger partial charge is 0.257 e. The average Bonchev–Trinajstić information content (AvgIpc) is 3.39. The molecule has 148 valence electrons. The lowest BCUT2D eigenvalue weighted by Crippen LogP contribution is -2.44. The van der Waals surface area contributed by atoms with E-state index in [0.29, 0.717) is 40.0 Å². The lowest BCUT2D eigenvalue weighted by Gasteiger charge is -2.23. The molecule has 8 heteroatoms. The Morgan fingerprint density at radius 3 is 2.83 bits per heavy atom. The second kappa shape index (κ2) is 8.08. The van der Waals surface area contributed by atoms with Gasteiger partial charge in [0.05, 0.1) is 23.4 Å². The number of benzene rings is 1. The summed E-state index contributed by atoms with van der Waals surface area (Å²) in [6.07, 6.45) is 1.56. The maximum absolute atomic E-state index is 13.4. The Morgan fingerprint density at radius 2 is 2.10 bits per heavy atom. The summed E-state index contributed by atoms with van der Waals surface area (Å²) in [6.45, 7) is 1.75. The van der Waals surface area contributed by atoms with Gasteiger partial charge in [-0.3, -0.25) is 9.59 Å². The molecule has 6 nitrogen and oxygen atoms in total. The van der Waals surface area contributed by atoms with Crippen molar-refractivity contribution in [1.82, 2.24) is 9.88 Å². The van der Waals surface area contributed by atoms with Gasteiger partial charge in [0, 0.05) is 11.4 Å². The number of nitrogens with one attached hydrogen (secondary N) is 1. The first kappa shape index (κ1) is 19.2. The minimum Gasteiger partial charge on any atom is -0.463 e. The highest BCUT2D eigenvalue weighted by atomic mass is 32.2. The number of amides is 2. The maximum atomic E-state index is 13.4. The van der Waals surface area contributed by atoms with Crippen LogP contribution in [0.3, 0.4) is 0 Å². The first-order valence-corrected chi connectivity index (χ1v) is 10.1. The van der Waals surface area contributed by atoms with Crippen LogP contribution in [0.4, 0.5) is 10.1 Å². The van der Waals surface area contributed by atoms with E-state index in [0.717, 1.165) is 0 Å². The Kier molecular flexibility index (Phi) is 5.35. The lowest BCUT2D eigenvalue weighted by atomic mass is 10.1. The summed E-state index contributed by atoms with van der Waals surface area (Å²) in [5, 5.41) is 2.69. The van der Waals surface area contributed by atoms with Gasteiger partial charge in [0.15, 0.2) is 5.76 Å². The van der Waals surface area contributed by atoms with Crippen LogP contribution in [0.5, 0.6) is 0 Å². The van der Waals surface area contributed by atoms with Gasteiger partial charge in [0.1, 0.15) is 17.6 Å². The Hall–Kier alpha value is -3.13. The van der Waals surface area contributed by atoms with Gasteiger partial charge in [-0.15, -0.1) is 11.8 Å². The zero-order chi connectivity index (χ0) is 20.4. The average molecular weight is 411 g/mol. The van der Waals surface area contributed by atoms with Crippen molar-refractivity contribution in [3.8, 4) is 11.5 Å². The second-order valence-corrected chi connectivity index (χ2v) is 7.60. The van der Waals surface area contributed by atoms with Crippen LogP contribution >= 0.6 is 11.8 Å². The van der Waals surface area contributed by atoms with Gasteiger partial charge < -0.3 is 14.6 Å². The number of carbonyl (C=O) groups excluding carboxylic acids is 2. The van der Waals surface area contributed by atoms with Crippen molar-refractivity contribution >= 4 is 29.3 Å². The quantitative estimate of drug-likeness (QED) is 0.704. The third-order valence-corrected chi connectivity index (χ3v) is 5.64. The summed E-state index contributed by atoms with van der Waals surface area (Å²) in [6, 6.07) is 12.0. The summed E-state index contributed by atoms with van der Waals surface area (Å²) in [5.74, 6) is 0.465.